The Morgan fingerprint density at radius 3 is 2.47 bits per heavy atom. The van der Waals surface area contributed by atoms with Crippen LogP contribution in [0.15, 0.2) is 0 Å². The van der Waals surface area contributed by atoms with Crippen LogP contribution in [-0.2, 0) is 9.53 Å². The lowest BCUT2D eigenvalue weighted by Gasteiger charge is -2.30. The normalized spacial score (nSPS) is 39.8. The van der Waals surface area contributed by atoms with Gasteiger partial charge in [-0.25, -0.2) is 0 Å². The number of esters is 1. The second-order valence-corrected chi connectivity index (χ2v) is 5.96. The maximum absolute atomic E-state index is 11.9. The molecule has 0 bridgehead atoms. The van der Waals surface area contributed by atoms with Crippen molar-refractivity contribution in [3.05, 3.63) is 0 Å². The molecule has 0 aromatic rings. The predicted octanol–water partition coefficient (Wildman–Crippen LogP) is 0.603. The highest BCUT2D eigenvalue weighted by atomic mass is 16.5. The number of carbonyl (C=O) groups is 1. The number of ether oxygens (including phenoxy) is 1. The molecule has 5 heteroatoms. The van der Waals surface area contributed by atoms with Crippen LogP contribution in [0.4, 0.5) is 0 Å². The maximum atomic E-state index is 11.9. The molecule has 3 N–H and O–H groups in total. The van der Waals surface area contributed by atoms with Gasteiger partial charge in [-0.1, -0.05) is 6.42 Å². The van der Waals surface area contributed by atoms with Gasteiger partial charge in [-0.05, 0) is 44.4 Å². The van der Waals surface area contributed by atoms with Crippen LogP contribution in [0.1, 0.15) is 44.9 Å². The number of rotatable bonds is 3. The Kier molecular flexibility index (Phi) is 5.19. The summed E-state index contributed by atoms with van der Waals surface area (Å²) in [4.78, 5) is 11.9. The summed E-state index contributed by atoms with van der Waals surface area (Å²) in [5.74, 6) is -0.315. The molecule has 0 amide bonds. The Balaban J connectivity index is 1.72. The van der Waals surface area contributed by atoms with E-state index in [0.29, 0.717) is 25.9 Å². The number of hydrogen-bond acceptors (Lipinski definition) is 5. The van der Waals surface area contributed by atoms with Crippen molar-refractivity contribution in [3.63, 3.8) is 0 Å². The van der Waals surface area contributed by atoms with Gasteiger partial charge < -0.3 is 20.1 Å². The second kappa shape index (κ2) is 6.68. The zero-order valence-corrected chi connectivity index (χ0v) is 11.2. The minimum Gasteiger partial charge on any atom is -0.465 e. The molecule has 0 heterocycles. The highest BCUT2D eigenvalue weighted by Gasteiger charge is 2.33. The van der Waals surface area contributed by atoms with Crippen molar-refractivity contribution in [3.8, 4) is 0 Å². The van der Waals surface area contributed by atoms with Crippen LogP contribution in [-0.4, -0.2) is 46.2 Å². The molecule has 0 aliphatic heterocycles. The first kappa shape index (κ1) is 14.8. The van der Waals surface area contributed by atoms with Crippen molar-refractivity contribution in [2.75, 3.05) is 6.61 Å². The Hall–Kier alpha value is -0.650. The van der Waals surface area contributed by atoms with Crippen molar-refractivity contribution in [1.29, 1.82) is 0 Å². The van der Waals surface area contributed by atoms with Gasteiger partial charge in [0, 0.05) is 0 Å². The zero-order chi connectivity index (χ0) is 13.8. The molecule has 110 valence electrons. The molecule has 5 nitrogen and oxygen atoms in total. The average molecular weight is 272 g/mol. The quantitative estimate of drug-likeness (QED) is 0.655. The molecule has 19 heavy (non-hydrogen) atoms. The third-order valence-electron chi connectivity index (χ3n) is 4.33. The first-order valence-corrected chi connectivity index (χ1v) is 7.27. The summed E-state index contributed by atoms with van der Waals surface area (Å²) in [5, 5.41) is 28.5. The van der Waals surface area contributed by atoms with E-state index in [0.717, 1.165) is 19.3 Å². The maximum Gasteiger partial charge on any atom is 0.309 e. The second-order valence-electron chi connectivity index (χ2n) is 5.96. The van der Waals surface area contributed by atoms with Crippen molar-refractivity contribution >= 4 is 5.97 Å². The molecule has 2 aliphatic rings. The van der Waals surface area contributed by atoms with Gasteiger partial charge in [-0.3, -0.25) is 4.79 Å². The van der Waals surface area contributed by atoms with Crippen molar-refractivity contribution < 1.29 is 24.9 Å². The molecule has 0 radical (unpaired) electrons. The van der Waals surface area contributed by atoms with Crippen LogP contribution in [0.2, 0.25) is 0 Å². The SMILES string of the molecule is O=C(OCC1CCCC(O)C1)C1CCC(O)C(O)C1. The van der Waals surface area contributed by atoms with Crippen LogP contribution >= 0.6 is 0 Å². The molecular formula is C14H24O5. The summed E-state index contributed by atoms with van der Waals surface area (Å²) in [7, 11) is 0. The van der Waals surface area contributed by atoms with Gasteiger partial charge in [0.2, 0.25) is 0 Å². The topological polar surface area (TPSA) is 87.0 Å². The molecular weight excluding hydrogens is 248 g/mol. The van der Waals surface area contributed by atoms with Gasteiger partial charge in [0.05, 0.1) is 30.8 Å². The van der Waals surface area contributed by atoms with Gasteiger partial charge >= 0.3 is 5.97 Å². The summed E-state index contributed by atoms with van der Waals surface area (Å²) < 4.78 is 5.31. The lowest BCUT2D eigenvalue weighted by Crippen LogP contribution is -2.37. The molecule has 5 unspecified atom stereocenters. The van der Waals surface area contributed by atoms with E-state index < -0.39 is 12.2 Å². The molecule has 2 aliphatic carbocycles. The van der Waals surface area contributed by atoms with E-state index in [1.165, 1.54) is 0 Å². The third kappa shape index (κ3) is 4.16. The van der Waals surface area contributed by atoms with Gasteiger partial charge in [0.25, 0.3) is 0 Å². The summed E-state index contributed by atoms with van der Waals surface area (Å²) in [6, 6.07) is 0. The molecule has 0 aromatic heterocycles. The highest BCUT2D eigenvalue weighted by Crippen LogP contribution is 2.28. The fourth-order valence-corrected chi connectivity index (χ4v) is 3.08. The number of carbonyl (C=O) groups excluding carboxylic acids is 1. The molecule has 0 aromatic carbocycles. The zero-order valence-electron chi connectivity index (χ0n) is 11.2. The Morgan fingerprint density at radius 2 is 1.79 bits per heavy atom. The van der Waals surface area contributed by atoms with Crippen LogP contribution in [0, 0.1) is 11.8 Å². The van der Waals surface area contributed by atoms with Crippen LogP contribution in [0.3, 0.4) is 0 Å². The lowest BCUT2D eigenvalue weighted by molar-refractivity contribution is -0.155. The minimum atomic E-state index is -0.817. The molecule has 0 spiro atoms. The van der Waals surface area contributed by atoms with E-state index in [1.807, 2.05) is 0 Å². The average Bonchev–Trinajstić information content (AvgIpc) is 2.39. The summed E-state index contributed by atoms with van der Waals surface area (Å²) >= 11 is 0. The van der Waals surface area contributed by atoms with E-state index in [1.54, 1.807) is 0 Å². The molecule has 5 atom stereocenters. The molecule has 0 saturated heterocycles. The summed E-state index contributed by atoms with van der Waals surface area (Å²) in [5.41, 5.74) is 0. The van der Waals surface area contributed by atoms with E-state index in [2.05, 4.69) is 0 Å². The minimum absolute atomic E-state index is 0.256. The first-order valence-electron chi connectivity index (χ1n) is 7.27. The molecule has 2 fully saturated rings. The van der Waals surface area contributed by atoms with Crippen molar-refractivity contribution in [2.24, 2.45) is 11.8 Å². The largest absolute Gasteiger partial charge is 0.465 e. The van der Waals surface area contributed by atoms with E-state index >= 15 is 0 Å². The monoisotopic (exact) mass is 272 g/mol. The standard InChI is InChI=1S/C14H24O5/c15-11-3-1-2-9(6-11)8-19-14(18)10-4-5-12(16)13(17)7-10/h9-13,15-17H,1-8H2. The Morgan fingerprint density at radius 1 is 1.00 bits per heavy atom. The third-order valence-corrected chi connectivity index (χ3v) is 4.33. The summed E-state index contributed by atoms with van der Waals surface area (Å²) in [6.07, 6.45) is 3.05. The fourth-order valence-electron chi connectivity index (χ4n) is 3.08. The van der Waals surface area contributed by atoms with E-state index in [-0.39, 0.29) is 30.3 Å². The van der Waals surface area contributed by atoms with E-state index in [9.17, 15) is 20.1 Å². The number of aliphatic hydroxyl groups excluding tert-OH is 3. The predicted molar refractivity (Wildman–Crippen MR) is 68.3 cm³/mol. The summed E-state index contributed by atoms with van der Waals surface area (Å²) in [6.45, 7) is 0.366. The molecule has 2 rings (SSSR count). The van der Waals surface area contributed by atoms with Crippen LogP contribution in [0.25, 0.3) is 0 Å². The van der Waals surface area contributed by atoms with Gasteiger partial charge in [0.1, 0.15) is 0 Å². The Labute approximate surface area is 113 Å². The molecule has 2 saturated carbocycles. The Bertz CT molecular complexity index is 306. The fraction of sp³-hybridized carbons (Fsp3) is 0.929. The van der Waals surface area contributed by atoms with E-state index in [4.69, 9.17) is 4.74 Å². The van der Waals surface area contributed by atoms with Gasteiger partial charge in [-0.15, -0.1) is 0 Å². The van der Waals surface area contributed by atoms with Crippen molar-refractivity contribution in [2.45, 2.75) is 63.3 Å². The number of hydrogen-bond donors (Lipinski definition) is 3. The lowest BCUT2D eigenvalue weighted by atomic mass is 9.85. The van der Waals surface area contributed by atoms with Crippen LogP contribution in [0.5, 0.6) is 0 Å². The van der Waals surface area contributed by atoms with Crippen molar-refractivity contribution in [1.82, 2.24) is 0 Å². The van der Waals surface area contributed by atoms with Gasteiger partial charge in [-0.2, -0.15) is 0 Å². The van der Waals surface area contributed by atoms with Gasteiger partial charge in [0.15, 0.2) is 0 Å². The number of aliphatic hydroxyl groups is 3. The van der Waals surface area contributed by atoms with Crippen LogP contribution < -0.4 is 0 Å². The highest BCUT2D eigenvalue weighted by molar-refractivity contribution is 5.72. The smallest absolute Gasteiger partial charge is 0.309 e. The first-order chi connectivity index (χ1) is 9.06.